The summed E-state index contributed by atoms with van der Waals surface area (Å²) in [5.41, 5.74) is 8.22. The number of anilines is 1. The summed E-state index contributed by atoms with van der Waals surface area (Å²) in [7, 11) is 0. The highest BCUT2D eigenvalue weighted by molar-refractivity contribution is 8.00. The highest BCUT2D eigenvalue weighted by atomic mass is 32.2. The Hall–Kier alpha value is -0.630. The lowest BCUT2D eigenvalue weighted by atomic mass is 10.2. The fourth-order valence-corrected chi connectivity index (χ4v) is 3.32. The molecule has 0 spiro atoms. The van der Waals surface area contributed by atoms with Crippen LogP contribution >= 0.6 is 11.8 Å². The van der Waals surface area contributed by atoms with E-state index in [0.29, 0.717) is 0 Å². The summed E-state index contributed by atoms with van der Waals surface area (Å²) in [4.78, 5) is 1.27. The molecule has 2 heteroatoms. The molecule has 0 atom stereocenters. The topological polar surface area (TPSA) is 26.0 Å². The van der Waals surface area contributed by atoms with E-state index in [9.17, 15) is 0 Å². The Bertz CT molecular complexity index is 316. The van der Waals surface area contributed by atoms with Crippen LogP contribution in [0, 0.1) is 6.92 Å². The summed E-state index contributed by atoms with van der Waals surface area (Å²) in [5.74, 6) is 0. The van der Waals surface area contributed by atoms with Crippen molar-refractivity contribution in [1.82, 2.24) is 0 Å². The van der Waals surface area contributed by atoms with E-state index in [-0.39, 0.29) is 0 Å². The molecule has 1 aliphatic rings. The quantitative estimate of drug-likeness (QED) is 0.750. The van der Waals surface area contributed by atoms with Crippen LogP contribution in [0.4, 0.5) is 5.69 Å². The number of nitrogens with two attached hydrogens (primary N) is 1. The van der Waals surface area contributed by atoms with Gasteiger partial charge in [0, 0.05) is 15.8 Å². The summed E-state index contributed by atoms with van der Waals surface area (Å²) < 4.78 is 0. The predicted molar refractivity (Wildman–Crippen MR) is 63.7 cm³/mol. The third kappa shape index (κ3) is 2.06. The summed E-state index contributed by atoms with van der Waals surface area (Å²) in [6.07, 6.45) is 5.50. The van der Waals surface area contributed by atoms with Gasteiger partial charge in [0.25, 0.3) is 0 Å². The molecule has 2 N–H and O–H groups in total. The van der Waals surface area contributed by atoms with Gasteiger partial charge in [-0.3, -0.25) is 0 Å². The molecule has 0 unspecified atom stereocenters. The minimum atomic E-state index is 0.805. The number of hydrogen-bond donors (Lipinski definition) is 1. The van der Waals surface area contributed by atoms with Crippen molar-refractivity contribution >= 4 is 17.4 Å². The molecule has 0 aliphatic heterocycles. The Morgan fingerprint density at radius 3 is 2.71 bits per heavy atom. The fourth-order valence-electron chi connectivity index (χ4n) is 1.94. The maximum Gasteiger partial charge on any atom is 0.0482 e. The monoisotopic (exact) mass is 207 g/mol. The largest absolute Gasteiger partial charge is 0.398 e. The molecule has 0 aromatic heterocycles. The first-order chi connectivity index (χ1) is 6.77. The standard InChI is InChI=1S/C12H17NS/c1-9-5-4-8-11(12(9)13)14-10-6-2-3-7-10/h4-5,8,10H,2-3,6-7,13H2,1H3. The van der Waals surface area contributed by atoms with Crippen molar-refractivity contribution < 1.29 is 0 Å². The second-order valence-corrected chi connectivity index (χ2v) is 5.35. The van der Waals surface area contributed by atoms with Crippen molar-refractivity contribution in [3.63, 3.8) is 0 Å². The minimum absolute atomic E-state index is 0.805. The van der Waals surface area contributed by atoms with Crippen LogP contribution in [0.25, 0.3) is 0 Å². The minimum Gasteiger partial charge on any atom is -0.398 e. The lowest BCUT2D eigenvalue weighted by Crippen LogP contribution is -1.97. The average molecular weight is 207 g/mol. The van der Waals surface area contributed by atoms with Crippen LogP contribution in [-0.2, 0) is 0 Å². The smallest absolute Gasteiger partial charge is 0.0482 e. The molecule has 1 fully saturated rings. The van der Waals surface area contributed by atoms with E-state index in [0.717, 1.165) is 10.9 Å². The van der Waals surface area contributed by atoms with Crippen LogP contribution in [0.5, 0.6) is 0 Å². The van der Waals surface area contributed by atoms with Gasteiger partial charge in [-0.05, 0) is 31.4 Å². The van der Waals surface area contributed by atoms with Gasteiger partial charge in [0.1, 0.15) is 0 Å². The molecule has 0 heterocycles. The van der Waals surface area contributed by atoms with Crippen LogP contribution in [0.2, 0.25) is 0 Å². The number of benzene rings is 1. The summed E-state index contributed by atoms with van der Waals surface area (Å²) >= 11 is 1.97. The molecule has 1 nitrogen and oxygen atoms in total. The average Bonchev–Trinajstić information content (AvgIpc) is 2.66. The van der Waals surface area contributed by atoms with Crippen LogP contribution in [0.1, 0.15) is 31.2 Å². The molecule has 76 valence electrons. The number of thioether (sulfide) groups is 1. The van der Waals surface area contributed by atoms with E-state index in [1.807, 2.05) is 11.8 Å². The summed E-state index contributed by atoms with van der Waals surface area (Å²) in [6.45, 7) is 2.08. The second kappa shape index (κ2) is 4.26. The Labute approximate surface area is 90.1 Å². The third-order valence-electron chi connectivity index (χ3n) is 2.88. The van der Waals surface area contributed by atoms with Gasteiger partial charge in [-0.15, -0.1) is 11.8 Å². The van der Waals surface area contributed by atoms with Gasteiger partial charge in [-0.2, -0.15) is 0 Å². The van der Waals surface area contributed by atoms with Crippen molar-refractivity contribution in [2.45, 2.75) is 42.8 Å². The lowest BCUT2D eigenvalue weighted by Gasteiger charge is -2.12. The summed E-state index contributed by atoms with van der Waals surface area (Å²) in [6, 6.07) is 6.32. The van der Waals surface area contributed by atoms with Crippen molar-refractivity contribution in [1.29, 1.82) is 0 Å². The Morgan fingerprint density at radius 1 is 1.29 bits per heavy atom. The zero-order valence-corrected chi connectivity index (χ0v) is 9.44. The maximum absolute atomic E-state index is 6.04. The molecule has 1 aliphatic carbocycles. The molecule has 1 aromatic rings. The molecular weight excluding hydrogens is 190 g/mol. The van der Waals surface area contributed by atoms with Gasteiger partial charge in [-0.25, -0.2) is 0 Å². The number of nitrogen functional groups attached to an aromatic ring is 1. The molecule has 1 aromatic carbocycles. The van der Waals surface area contributed by atoms with Crippen LogP contribution in [0.3, 0.4) is 0 Å². The molecule has 14 heavy (non-hydrogen) atoms. The van der Waals surface area contributed by atoms with Crippen molar-refractivity contribution in [3.05, 3.63) is 23.8 Å². The highest BCUT2D eigenvalue weighted by Gasteiger charge is 2.17. The maximum atomic E-state index is 6.04. The number of hydrogen-bond acceptors (Lipinski definition) is 2. The van der Waals surface area contributed by atoms with Gasteiger partial charge in [0.15, 0.2) is 0 Å². The van der Waals surface area contributed by atoms with E-state index < -0.39 is 0 Å². The van der Waals surface area contributed by atoms with E-state index in [1.165, 1.54) is 36.1 Å². The van der Waals surface area contributed by atoms with E-state index >= 15 is 0 Å². The van der Waals surface area contributed by atoms with Crippen LogP contribution in [-0.4, -0.2) is 5.25 Å². The van der Waals surface area contributed by atoms with E-state index in [4.69, 9.17) is 5.73 Å². The van der Waals surface area contributed by atoms with Gasteiger partial charge < -0.3 is 5.73 Å². The van der Waals surface area contributed by atoms with Crippen LogP contribution in [0.15, 0.2) is 23.1 Å². The van der Waals surface area contributed by atoms with Crippen molar-refractivity contribution in [3.8, 4) is 0 Å². The summed E-state index contributed by atoms with van der Waals surface area (Å²) in [5, 5.41) is 0.805. The first-order valence-corrected chi connectivity index (χ1v) is 6.17. The van der Waals surface area contributed by atoms with Gasteiger partial charge in [0.05, 0.1) is 0 Å². The Morgan fingerprint density at radius 2 is 2.00 bits per heavy atom. The molecule has 2 rings (SSSR count). The number of rotatable bonds is 2. The predicted octanol–water partition coefficient (Wildman–Crippen LogP) is 3.61. The van der Waals surface area contributed by atoms with E-state index in [2.05, 4.69) is 25.1 Å². The van der Waals surface area contributed by atoms with Crippen LogP contribution < -0.4 is 5.73 Å². The van der Waals surface area contributed by atoms with E-state index in [1.54, 1.807) is 0 Å². The second-order valence-electron chi connectivity index (χ2n) is 4.01. The van der Waals surface area contributed by atoms with Gasteiger partial charge in [-0.1, -0.05) is 25.0 Å². The van der Waals surface area contributed by atoms with Crippen molar-refractivity contribution in [2.24, 2.45) is 0 Å². The van der Waals surface area contributed by atoms with Gasteiger partial charge in [0.2, 0.25) is 0 Å². The molecular formula is C12H17NS. The molecule has 0 bridgehead atoms. The highest BCUT2D eigenvalue weighted by Crippen LogP contribution is 2.37. The lowest BCUT2D eigenvalue weighted by molar-refractivity contribution is 0.886. The normalized spacial score (nSPS) is 17.5. The third-order valence-corrected chi connectivity index (χ3v) is 4.29. The fraction of sp³-hybridized carbons (Fsp3) is 0.500. The Kier molecular flexibility index (Phi) is 3.02. The van der Waals surface area contributed by atoms with Crippen molar-refractivity contribution in [2.75, 3.05) is 5.73 Å². The first kappa shape index (κ1) is 9.91. The molecule has 0 saturated heterocycles. The van der Waals surface area contributed by atoms with Gasteiger partial charge >= 0.3 is 0 Å². The molecule has 1 saturated carbocycles. The Balaban J connectivity index is 2.11. The zero-order valence-electron chi connectivity index (χ0n) is 8.62. The SMILES string of the molecule is Cc1cccc(SC2CCCC2)c1N. The molecule has 0 amide bonds. The number of para-hydroxylation sites is 1. The molecule has 0 radical (unpaired) electrons. The first-order valence-electron chi connectivity index (χ1n) is 5.29. The number of aryl methyl sites for hydroxylation is 1. The zero-order chi connectivity index (χ0) is 9.97.